The number of nitrogens with zero attached hydrogens (tertiary/aromatic N) is 2. The van der Waals surface area contributed by atoms with Gasteiger partial charge in [0.15, 0.2) is 22.4 Å². The van der Waals surface area contributed by atoms with Gasteiger partial charge in [0.05, 0.1) is 25.4 Å². The van der Waals surface area contributed by atoms with Gasteiger partial charge in [0.25, 0.3) is 5.56 Å². The van der Waals surface area contributed by atoms with Crippen molar-refractivity contribution in [3.63, 3.8) is 0 Å². The minimum atomic E-state index is -0.105. The van der Waals surface area contributed by atoms with Gasteiger partial charge in [-0.1, -0.05) is 24.8 Å². The zero-order valence-corrected chi connectivity index (χ0v) is 18.2. The fourth-order valence-electron chi connectivity index (χ4n) is 2.84. The number of ketones is 1. The van der Waals surface area contributed by atoms with Gasteiger partial charge in [-0.25, -0.2) is 4.98 Å². The first kappa shape index (κ1) is 21.1. The van der Waals surface area contributed by atoms with Crippen LogP contribution in [0.1, 0.15) is 22.2 Å². The number of methoxy groups -OCH3 is 2. The van der Waals surface area contributed by atoms with Crippen LogP contribution in [0, 0.1) is 0 Å². The van der Waals surface area contributed by atoms with E-state index in [1.54, 1.807) is 36.0 Å². The molecule has 0 saturated carbocycles. The normalized spacial score (nSPS) is 10.9. The van der Waals surface area contributed by atoms with Crippen molar-refractivity contribution in [3.8, 4) is 11.5 Å². The quantitative estimate of drug-likeness (QED) is 0.219. The van der Waals surface area contributed by atoms with Crippen molar-refractivity contribution in [2.45, 2.75) is 25.0 Å². The molecule has 0 aliphatic heterocycles. The monoisotopic (exact) mass is 430 g/mol. The molecule has 6 nitrogen and oxygen atoms in total. The first-order valence-electron chi connectivity index (χ1n) is 9.04. The zero-order chi connectivity index (χ0) is 21.0. The molecule has 0 bridgehead atoms. The molecular formula is C21H22N2O4S2. The Morgan fingerprint density at radius 3 is 2.69 bits per heavy atom. The van der Waals surface area contributed by atoms with E-state index in [1.807, 2.05) is 13.0 Å². The maximum absolute atomic E-state index is 12.9. The molecule has 0 spiro atoms. The number of carbonyl (C=O) groups excluding carboxylic acids is 1. The first-order chi connectivity index (χ1) is 14.0. The van der Waals surface area contributed by atoms with Crippen LogP contribution in [0.15, 0.2) is 46.9 Å². The van der Waals surface area contributed by atoms with Gasteiger partial charge in [0.1, 0.15) is 4.83 Å². The lowest BCUT2D eigenvalue weighted by Gasteiger charge is -2.11. The van der Waals surface area contributed by atoms with Crippen molar-refractivity contribution in [2.24, 2.45) is 0 Å². The molecule has 0 saturated heterocycles. The van der Waals surface area contributed by atoms with Crippen LogP contribution in [-0.4, -0.2) is 35.3 Å². The average Bonchev–Trinajstić information content (AvgIpc) is 3.17. The number of hydrogen-bond acceptors (Lipinski definition) is 7. The van der Waals surface area contributed by atoms with Crippen molar-refractivity contribution in [2.75, 3.05) is 20.0 Å². The highest BCUT2D eigenvalue weighted by molar-refractivity contribution is 7.99. The SMILES string of the molecule is C=CCn1c(SCC(=O)c2ccc(OC)c(OC)c2)nc2sc(CC)cc2c1=O. The summed E-state index contributed by atoms with van der Waals surface area (Å²) in [4.78, 5) is 32.1. The lowest BCUT2D eigenvalue weighted by Crippen LogP contribution is -2.22. The third-order valence-corrected chi connectivity index (χ3v) is 6.51. The van der Waals surface area contributed by atoms with E-state index >= 15 is 0 Å². The lowest BCUT2D eigenvalue weighted by atomic mass is 10.1. The van der Waals surface area contributed by atoms with Gasteiger partial charge < -0.3 is 9.47 Å². The van der Waals surface area contributed by atoms with Gasteiger partial charge >= 0.3 is 0 Å². The third kappa shape index (κ3) is 4.38. The van der Waals surface area contributed by atoms with E-state index in [4.69, 9.17) is 9.47 Å². The van der Waals surface area contributed by atoms with Gasteiger partial charge in [-0.05, 0) is 30.7 Å². The highest BCUT2D eigenvalue weighted by Crippen LogP contribution is 2.29. The molecule has 3 rings (SSSR count). The number of benzene rings is 1. The number of carbonyl (C=O) groups is 1. The van der Waals surface area contributed by atoms with E-state index in [0.717, 1.165) is 11.3 Å². The van der Waals surface area contributed by atoms with Gasteiger partial charge in [-0.3, -0.25) is 14.2 Å². The molecule has 0 fully saturated rings. The summed E-state index contributed by atoms with van der Waals surface area (Å²) in [6.45, 7) is 6.12. The number of aromatic nitrogens is 2. The molecule has 29 heavy (non-hydrogen) atoms. The summed E-state index contributed by atoms with van der Waals surface area (Å²) < 4.78 is 12.0. The van der Waals surface area contributed by atoms with Crippen LogP contribution in [-0.2, 0) is 13.0 Å². The predicted molar refractivity (Wildman–Crippen MR) is 118 cm³/mol. The maximum atomic E-state index is 12.9. The fourth-order valence-corrected chi connectivity index (χ4v) is 4.76. The molecular weight excluding hydrogens is 408 g/mol. The van der Waals surface area contributed by atoms with Gasteiger partial charge in [0, 0.05) is 17.0 Å². The molecule has 2 aromatic heterocycles. The van der Waals surface area contributed by atoms with E-state index in [9.17, 15) is 9.59 Å². The second-order valence-electron chi connectivity index (χ2n) is 6.17. The van der Waals surface area contributed by atoms with E-state index in [0.29, 0.717) is 39.0 Å². The molecule has 3 aromatic rings. The van der Waals surface area contributed by atoms with Crippen LogP contribution in [0.25, 0.3) is 10.2 Å². The predicted octanol–water partition coefficient (Wildman–Crippen LogP) is 4.20. The van der Waals surface area contributed by atoms with Crippen molar-refractivity contribution >= 4 is 39.1 Å². The number of hydrogen-bond donors (Lipinski definition) is 0. The van der Waals surface area contributed by atoms with Crippen molar-refractivity contribution in [1.29, 1.82) is 0 Å². The minimum absolute atomic E-state index is 0.0871. The second-order valence-corrected chi connectivity index (χ2v) is 8.22. The highest BCUT2D eigenvalue weighted by Gasteiger charge is 2.16. The van der Waals surface area contributed by atoms with E-state index < -0.39 is 0 Å². The molecule has 0 aliphatic carbocycles. The Kier molecular flexibility index (Phi) is 6.76. The van der Waals surface area contributed by atoms with Crippen LogP contribution in [0.4, 0.5) is 0 Å². The Morgan fingerprint density at radius 2 is 2.03 bits per heavy atom. The van der Waals surface area contributed by atoms with E-state index in [-0.39, 0.29) is 17.1 Å². The molecule has 0 radical (unpaired) electrons. The molecule has 152 valence electrons. The number of allylic oxidation sites excluding steroid dienone is 1. The number of Topliss-reactive ketones (excluding diaryl/α,β-unsaturated/α-hetero) is 1. The topological polar surface area (TPSA) is 70.4 Å². The summed E-state index contributed by atoms with van der Waals surface area (Å²) in [5, 5.41) is 1.13. The number of rotatable bonds is 9. The Balaban J connectivity index is 1.89. The summed E-state index contributed by atoms with van der Waals surface area (Å²) in [6.07, 6.45) is 2.50. The number of fused-ring (bicyclic) bond motifs is 1. The summed E-state index contributed by atoms with van der Waals surface area (Å²) >= 11 is 2.76. The number of ether oxygens (including phenoxy) is 2. The second kappa shape index (κ2) is 9.28. The van der Waals surface area contributed by atoms with Crippen molar-refractivity contribution in [1.82, 2.24) is 9.55 Å². The minimum Gasteiger partial charge on any atom is -0.493 e. The van der Waals surface area contributed by atoms with Crippen LogP contribution in [0.5, 0.6) is 11.5 Å². The maximum Gasteiger partial charge on any atom is 0.263 e. The summed E-state index contributed by atoms with van der Waals surface area (Å²) in [7, 11) is 3.07. The Bertz CT molecular complexity index is 1120. The highest BCUT2D eigenvalue weighted by atomic mass is 32.2. The molecule has 0 amide bonds. The number of aryl methyl sites for hydroxylation is 1. The fraction of sp³-hybridized carbons (Fsp3) is 0.286. The van der Waals surface area contributed by atoms with E-state index in [2.05, 4.69) is 11.6 Å². The van der Waals surface area contributed by atoms with Crippen LogP contribution in [0.3, 0.4) is 0 Å². The molecule has 0 unspecified atom stereocenters. The van der Waals surface area contributed by atoms with Crippen LogP contribution < -0.4 is 15.0 Å². The number of thiophene rings is 1. The Hall–Kier alpha value is -2.58. The van der Waals surface area contributed by atoms with Crippen molar-refractivity contribution in [3.05, 3.63) is 57.7 Å². The molecule has 2 heterocycles. The largest absolute Gasteiger partial charge is 0.493 e. The molecule has 0 N–H and O–H groups in total. The zero-order valence-electron chi connectivity index (χ0n) is 16.6. The summed E-state index contributed by atoms with van der Waals surface area (Å²) in [5.41, 5.74) is 0.408. The molecule has 8 heteroatoms. The van der Waals surface area contributed by atoms with Crippen LogP contribution >= 0.6 is 23.1 Å². The van der Waals surface area contributed by atoms with Gasteiger partial charge in [-0.2, -0.15) is 0 Å². The van der Waals surface area contributed by atoms with Crippen LogP contribution in [0.2, 0.25) is 0 Å². The van der Waals surface area contributed by atoms with Crippen molar-refractivity contribution < 1.29 is 14.3 Å². The first-order valence-corrected chi connectivity index (χ1v) is 10.8. The third-order valence-electron chi connectivity index (χ3n) is 4.37. The standard InChI is InChI=1S/C21H22N2O4S2/c1-5-9-23-20(25)15-11-14(6-2)29-19(15)22-21(23)28-12-16(24)13-7-8-17(26-3)18(10-13)27-4/h5,7-8,10-11H,1,6,9,12H2,2-4H3. The van der Waals surface area contributed by atoms with Gasteiger partial charge in [-0.15, -0.1) is 17.9 Å². The molecule has 0 aliphatic rings. The summed E-state index contributed by atoms with van der Waals surface area (Å²) in [6, 6.07) is 6.96. The Labute approximate surface area is 177 Å². The Morgan fingerprint density at radius 1 is 1.28 bits per heavy atom. The molecule has 0 atom stereocenters. The molecule has 1 aromatic carbocycles. The smallest absolute Gasteiger partial charge is 0.263 e. The van der Waals surface area contributed by atoms with Gasteiger partial charge in [0.2, 0.25) is 0 Å². The van der Waals surface area contributed by atoms with E-state index in [1.165, 1.54) is 30.2 Å². The number of thioether (sulfide) groups is 1. The average molecular weight is 431 g/mol. The summed E-state index contributed by atoms with van der Waals surface area (Å²) in [5.74, 6) is 1.12. The lowest BCUT2D eigenvalue weighted by molar-refractivity contribution is 0.102.